The highest BCUT2D eigenvalue weighted by Gasteiger charge is 2.34. The minimum atomic E-state index is 0.0663. The molecule has 0 saturated carbocycles. The average molecular weight is 413 g/mol. The van der Waals surface area contributed by atoms with Crippen LogP contribution in [0.4, 0.5) is 0 Å². The summed E-state index contributed by atoms with van der Waals surface area (Å²) in [5, 5.41) is 4.12. The number of hydrogen-bond donors (Lipinski definition) is 0. The first-order valence-electron chi connectivity index (χ1n) is 10.9. The number of amides is 1. The van der Waals surface area contributed by atoms with Crippen LogP contribution in [0.15, 0.2) is 28.8 Å². The van der Waals surface area contributed by atoms with Crippen molar-refractivity contribution < 1.29 is 14.1 Å². The molecule has 2 saturated heterocycles. The van der Waals surface area contributed by atoms with Crippen molar-refractivity contribution in [2.45, 2.75) is 46.1 Å². The van der Waals surface area contributed by atoms with Gasteiger partial charge in [0.05, 0.1) is 19.6 Å². The van der Waals surface area contributed by atoms with Crippen LogP contribution in [0.5, 0.6) is 5.75 Å². The zero-order valence-electron chi connectivity index (χ0n) is 18.3. The Morgan fingerprint density at radius 2 is 2.03 bits per heavy atom. The summed E-state index contributed by atoms with van der Waals surface area (Å²) in [7, 11) is 1.64. The van der Waals surface area contributed by atoms with E-state index in [2.05, 4.69) is 33.8 Å². The Balaban J connectivity index is 1.36. The molecule has 0 N–H and O–H groups in total. The van der Waals surface area contributed by atoms with E-state index in [9.17, 15) is 4.79 Å². The third kappa shape index (κ3) is 4.83. The largest absolute Gasteiger partial charge is 0.497 e. The van der Waals surface area contributed by atoms with Crippen molar-refractivity contribution in [3.63, 3.8) is 0 Å². The predicted molar refractivity (Wildman–Crippen MR) is 114 cm³/mol. The smallest absolute Gasteiger partial charge is 0.241 e. The molecule has 0 aliphatic carbocycles. The molecular formula is C23H32N4O3. The molecular weight excluding hydrogens is 380 g/mol. The van der Waals surface area contributed by atoms with Crippen molar-refractivity contribution >= 4 is 5.91 Å². The summed E-state index contributed by atoms with van der Waals surface area (Å²) in [6.45, 7) is 8.58. The van der Waals surface area contributed by atoms with Crippen LogP contribution >= 0.6 is 0 Å². The minimum Gasteiger partial charge on any atom is -0.497 e. The molecule has 3 heterocycles. The fourth-order valence-corrected chi connectivity index (χ4v) is 4.64. The van der Waals surface area contributed by atoms with Crippen LogP contribution < -0.4 is 4.74 Å². The maximum Gasteiger partial charge on any atom is 0.241 e. The number of piperidine rings is 2. The first kappa shape index (κ1) is 20.8. The van der Waals surface area contributed by atoms with Gasteiger partial charge in [0.15, 0.2) is 0 Å². The maximum absolute atomic E-state index is 13.1. The number of carbonyl (C=O) groups is 1. The van der Waals surface area contributed by atoms with E-state index in [-0.39, 0.29) is 11.3 Å². The molecule has 1 atom stereocenters. The first-order valence-corrected chi connectivity index (χ1v) is 10.9. The molecule has 30 heavy (non-hydrogen) atoms. The molecule has 2 fully saturated rings. The van der Waals surface area contributed by atoms with Crippen molar-refractivity contribution in [3.05, 3.63) is 30.2 Å². The molecule has 2 aromatic rings. The van der Waals surface area contributed by atoms with Gasteiger partial charge in [0.1, 0.15) is 5.75 Å². The molecule has 2 aliphatic rings. The van der Waals surface area contributed by atoms with Crippen LogP contribution in [-0.2, 0) is 11.3 Å². The monoisotopic (exact) mass is 412 g/mol. The van der Waals surface area contributed by atoms with Crippen LogP contribution in [0.2, 0.25) is 0 Å². The van der Waals surface area contributed by atoms with E-state index < -0.39 is 0 Å². The minimum absolute atomic E-state index is 0.0663. The van der Waals surface area contributed by atoms with E-state index in [0.717, 1.165) is 56.8 Å². The molecule has 1 aromatic carbocycles. The number of ether oxygens (including phenoxy) is 1. The molecule has 1 amide bonds. The number of likely N-dealkylation sites (tertiary alicyclic amines) is 2. The normalized spacial score (nSPS) is 22.1. The molecule has 1 aromatic heterocycles. The van der Waals surface area contributed by atoms with Crippen LogP contribution in [0.3, 0.4) is 0 Å². The number of benzene rings is 1. The summed E-state index contributed by atoms with van der Waals surface area (Å²) >= 11 is 0. The summed E-state index contributed by atoms with van der Waals surface area (Å²) in [6, 6.07) is 7.61. The number of aromatic nitrogens is 2. The van der Waals surface area contributed by atoms with Crippen LogP contribution in [0, 0.1) is 11.3 Å². The number of rotatable bonds is 5. The quantitative estimate of drug-likeness (QED) is 0.747. The highest BCUT2D eigenvalue weighted by atomic mass is 16.5. The predicted octanol–water partition coefficient (Wildman–Crippen LogP) is 3.61. The average Bonchev–Trinajstić information content (AvgIpc) is 3.21. The lowest BCUT2D eigenvalue weighted by molar-refractivity contribution is -0.140. The van der Waals surface area contributed by atoms with E-state index in [4.69, 9.17) is 9.26 Å². The van der Waals surface area contributed by atoms with Gasteiger partial charge in [-0.3, -0.25) is 9.69 Å². The Labute approximate surface area is 178 Å². The van der Waals surface area contributed by atoms with Gasteiger partial charge in [0, 0.05) is 25.2 Å². The Bertz CT molecular complexity index is 862. The number of carbonyl (C=O) groups excluding carboxylic acids is 1. The van der Waals surface area contributed by atoms with Gasteiger partial charge in [0.25, 0.3) is 0 Å². The number of hydrogen-bond acceptors (Lipinski definition) is 6. The fourth-order valence-electron chi connectivity index (χ4n) is 4.64. The standard InChI is InChI=1S/C23H32N4O3/c1-23(2)11-5-13-27(16-23)22(28)18-6-4-12-26(14-18)15-20-24-21(25-30-20)17-7-9-19(29-3)10-8-17/h7-10,18H,4-6,11-16H2,1-3H3. The lowest BCUT2D eigenvalue weighted by Gasteiger charge is -2.41. The molecule has 7 nitrogen and oxygen atoms in total. The highest BCUT2D eigenvalue weighted by Crippen LogP contribution is 2.30. The second kappa shape index (κ2) is 8.76. The fraction of sp³-hybridized carbons (Fsp3) is 0.609. The second-order valence-electron chi connectivity index (χ2n) is 9.34. The van der Waals surface area contributed by atoms with Gasteiger partial charge in [-0.15, -0.1) is 0 Å². The zero-order valence-corrected chi connectivity index (χ0v) is 18.3. The van der Waals surface area contributed by atoms with Gasteiger partial charge in [0.2, 0.25) is 17.6 Å². The Kier molecular flexibility index (Phi) is 6.09. The van der Waals surface area contributed by atoms with Gasteiger partial charge >= 0.3 is 0 Å². The number of nitrogens with zero attached hydrogens (tertiary/aromatic N) is 4. The summed E-state index contributed by atoms with van der Waals surface area (Å²) in [6.07, 6.45) is 4.28. The third-order valence-corrected chi connectivity index (χ3v) is 6.24. The van der Waals surface area contributed by atoms with Crippen molar-refractivity contribution in [2.75, 3.05) is 33.3 Å². The topological polar surface area (TPSA) is 71.7 Å². The summed E-state index contributed by atoms with van der Waals surface area (Å²) in [4.78, 5) is 22.0. The van der Waals surface area contributed by atoms with Gasteiger partial charge < -0.3 is 14.2 Å². The molecule has 162 valence electrons. The molecule has 0 spiro atoms. The molecule has 7 heteroatoms. The third-order valence-electron chi connectivity index (χ3n) is 6.24. The lowest BCUT2D eigenvalue weighted by atomic mass is 9.83. The first-order chi connectivity index (χ1) is 14.4. The van der Waals surface area contributed by atoms with Crippen LogP contribution in [0.1, 0.15) is 45.4 Å². The van der Waals surface area contributed by atoms with Crippen LogP contribution in [-0.4, -0.2) is 59.1 Å². The van der Waals surface area contributed by atoms with Crippen LogP contribution in [0.25, 0.3) is 11.4 Å². The van der Waals surface area contributed by atoms with Gasteiger partial charge in [-0.1, -0.05) is 19.0 Å². The van der Waals surface area contributed by atoms with Crippen molar-refractivity contribution in [2.24, 2.45) is 11.3 Å². The van der Waals surface area contributed by atoms with Gasteiger partial charge in [-0.05, 0) is 61.9 Å². The van der Waals surface area contributed by atoms with Gasteiger partial charge in [-0.25, -0.2) is 0 Å². The second-order valence-corrected chi connectivity index (χ2v) is 9.34. The molecule has 0 radical (unpaired) electrons. The Morgan fingerprint density at radius 1 is 1.23 bits per heavy atom. The maximum atomic E-state index is 13.1. The van der Waals surface area contributed by atoms with Crippen molar-refractivity contribution in [1.29, 1.82) is 0 Å². The van der Waals surface area contributed by atoms with E-state index in [1.54, 1.807) is 7.11 Å². The number of methoxy groups -OCH3 is 1. The van der Waals surface area contributed by atoms with E-state index >= 15 is 0 Å². The molecule has 2 aliphatic heterocycles. The molecule has 0 bridgehead atoms. The summed E-state index contributed by atoms with van der Waals surface area (Å²) in [5.41, 5.74) is 1.12. The van der Waals surface area contributed by atoms with Crippen molar-refractivity contribution in [1.82, 2.24) is 19.9 Å². The van der Waals surface area contributed by atoms with Gasteiger partial charge in [-0.2, -0.15) is 4.98 Å². The zero-order chi connectivity index (χ0) is 21.1. The highest BCUT2D eigenvalue weighted by molar-refractivity contribution is 5.79. The van der Waals surface area contributed by atoms with Crippen molar-refractivity contribution in [3.8, 4) is 17.1 Å². The summed E-state index contributed by atoms with van der Waals surface area (Å²) < 4.78 is 10.7. The summed E-state index contributed by atoms with van der Waals surface area (Å²) in [5.74, 6) is 2.35. The lowest BCUT2D eigenvalue weighted by Crippen LogP contribution is -2.49. The van der Waals surface area contributed by atoms with E-state index in [1.165, 1.54) is 6.42 Å². The SMILES string of the molecule is COc1ccc(-c2noc(CN3CCCC(C(=O)N4CCCC(C)(C)C4)C3)n2)cc1. The Morgan fingerprint density at radius 3 is 2.77 bits per heavy atom. The van der Waals surface area contributed by atoms with E-state index in [0.29, 0.717) is 24.2 Å². The van der Waals surface area contributed by atoms with E-state index in [1.807, 2.05) is 24.3 Å². The Hall–Kier alpha value is -2.41. The molecule has 4 rings (SSSR count). The molecule has 1 unspecified atom stereocenters.